The van der Waals surface area contributed by atoms with E-state index in [1.54, 1.807) is 0 Å². The quantitative estimate of drug-likeness (QED) is 0.666. The zero-order valence-electron chi connectivity index (χ0n) is 7.68. The molecule has 2 atom stereocenters. The number of carbonyl (C=O) groups excluding carboxylic acids is 1. The van der Waals surface area contributed by atoms with E-state index in [0.29, 0.717) is 17.9 Å². The summed E-state index contributed by atoms with van der Waals surface area (Å²) in [6.07, 6.45) is 5.91. The molecule has 0 heterocycles. The molecule has 0 aromatic carbocycles. The van der Waals surface area contributed by atoms with Gasteiger partial charge in [-0.25, -0.2) is 0 Å². The van der Waals surface area contributed by atoms with Crippen molar-refractivity contribution in [1.82, 2.24) is 5.32 Å². The molecular weight excluding hydrogens is 150 g/mol. The third kappa shape index (κ3) is 1.79. The highest BCUT2D eigenvalue weighted by Crippen LogP contribution is 2.30. The van der Waals surface area contributed by atoms with E-state index < -0.39 is 0 Å². The van der Waals surface area contributed by atoms with E-state index >= 15 is 0 Å². The van der Waals surface area contributed by atoms with Crippen LogP contribution in [0.25, 0.3) is 0 Å². The maximum atomic E-state index is 11.4. The second-order valence-electron chi connectivity index (χ2n) is 4.40. The molecule has 68 valence electrons. The lowest BCUT2D eigenvalue weighted by atomic mass is 10.1. The minimum absolute atomic E-state index is 0.314. The third-order valence-corrected chi connectivity index (χ3v) is 2.99. The average molecular weight is 167 g/mol. The number of amides is 1. The lowest BCUT2D eigenvalue weighted by Crippen LogP contribution is -2.33. The minimum Gasteiger partial charge on any atom is -0.353 e. The van der Waals surface area contributed by atoms with E-state index in [2.05, 4.69) is 12.2 Å². The molecule has 12 heavy (non-hydrogen) atoms. The van der Waals surface area contributed by atoms with E-state index in [-0.39, 0.29) is 0 Å². The Labute approximate surface area is 73.7 Å². The van der Waals surface area contributed by atoms with Crippen LogP contribution in [-0.2, 0) is 4.79 Å². The lowest BCUT2D eigenvalue weighted by molar-refractivity contribution is -0.122. The van der Waals surface area contributed by atoms with Gasteiger partial charge >= 0.3 is 0 Å². The van der Waals surface area contributed by atoms with Gasteiger partial charge in [0, 0.05) is 12.0 Å². The zero-order valence-corrected chi connectivity index (χ0v) is 7.68. The van der Waals surface area contributed by atoms with Gasteiger partial charge in [0.15, 0.2) is 0 Å². The Kier molecular flexibility index (Phi) is 2.07. The van der Waals surface area contributed by atoms with Gasteiger partial charge in [-0.15, -0.1) is 0 Å². The van der Waals surface area contributed by atoms with Crippen LogP contribution in [0.3, 0.4) is 0 Å². The van der Waals surface area contributed by atoms with Gasteiger partial charge < -0.3 is 5.32 Å². The Morgan fingerprint density at radius 3 is 2.50 bits per heavy atom. The highest BCUT2D eigenvalue weighted by molar-refractivity contribution is 5.81. The first-order valence-electron chi connectivity index (χ1n) is 5.06. The van der Waals surface area contributed by atoms with Crippen molar-refractivity contribution < 1.29 is 4.79 Å². The van der Waals surface area contributed by atoms with Gasteiger partial charge in [0.1, 0.15) is 0 Å². The van der Waals surface area contributed by atoms with E-state index in [4.69, 9.17) is 0 Å². The second-order valence-corrected chi connectivity index (χ2v) is 4.40. The van der Waals surface area contributed by atoms with Crippen molar-refractivity contribution in [1.29, 1.82) is 0 Å². The molecule has 0 radical (unpaired) electrons. The number of nitrogens with one attached hydrogen (secondary N) is 1. The Hall–Kier alpha value is -0.530. The molecule has 2 heteroatoms. The second kappa shape index (κ2) is 3.08. The predicted molar refractivity (Wildman–Crippen MR) is 47.7 cm³/mol. The molecule has 0 aromatic heterocycles. The van der Waals surface area contributed by atoms with E-state index in [1.165, 1.54) is 19.3 Å². The molecular formula is C10H17NO. The van der Waals surface area contributed by atoms with Gasteiger partial charge in [0.2, 0.25) is 5.91 Å². The SMILES string of the molecule is CC1CCC(NC(=O)C2CC2)C1. The predicted octanol–water partition coefficient (Wildman–Crippen LogP) is 1.70. The molecule has 0 aromatic rings. The van der Waals surface area contributed by atoms with Crippen LogP contribution >= 0.6 is 0 Å². The van der Waals surface area contributed by atoms with Crippen LogP contribution in [0.2, 0.25) is 0 Å². The molecule has 1 amide bonds. The normalized spacial score (nSPS) is 35.1. The summed E-state index contributed by atoms with van der Waals surface area (Å²) in [7, 11) is 0. The van der Waals surface area contributed by atoms with Gasteiger partial charge in [-0.1, -0.05) is 6.92 Å². The van der Waals surface area contributed by atoms with E-state index in [0.717, 1.165) is 18.8 Å². The molecule has 0 bridgehead atoms. The van der Waals surface area contributed by atoms with E-state index in [9.17, 15) is 4.79 Å². The monoisotopic (exact) mass is 167 g/mol. The van der Waals surface area contributed by atoms with Crippen molar-refractivity contribution in [2.45, 2.75) is 45.1 Å². The van der Waals surface area contributed by atoms with Crippen molar-refractivity contribution in [2.24, 2.45) is 11.8 Å². The maximum absolute atomic E-state index is 11.4. The standard InChI is InChI=1S/C10H17NO/c1-7-2-5-9(6-7)11-10(12)8-3-4-8/h7-9H,2-6H2,1H3,(H,11,12). The van der Waals surface area contributed by atoms with Gasteiger partial charge in [0.05, 0.1) is 0 Å². The van der Waals surface area contributed by atoms with Crippen LogP contribution in [0.5, 0.6) is 0 Å². The Bertz CT molecular complexity index is 186. The Morgan fingerprint density at radius 1 is 1.25 bits per heavy atom. The summed E-state index contributed by atoms with van der Waals surface area (Å²) in [5, 5.41) is 3.13. The largest absolute Gasteiger partial charge is 0.353 e. The van der Waals surface area contributed by atoms with Gasteiger partial charge in [-0.3, -0.25) is 4.79 Å². The molecule has 2 nitrogen and oxygen atoms in total. The minimum atomic E-state index is 0.314. The summed E-state index contributed by atoms with van der Waals surface area (Å²) in [6.45, 7) is 2.27. The van der Waals surface area contributed by atoms with Crippen molar-refractivity contribution in [3.63, 3.8) is 0 Å². The fourth-order valence-corrected chi connectivity index (χ4v) is 2.00. The molecule has 0 spiro atoms. The van der Waals surface area contributed by atoms with Gasteiger partial charge in [-0.2, -0.15) is 0 Å². The third-order valence-electron chi connectivity index (χ3n) is 2.99. The van der Waals surface area contributed by atoms with Gasteiger partial charge in [-0.05, 0) is 38.0 Å². The molecule has 2 aliphatic carbocycles. The van der Waals surface area contributed by atoms with Crippen LogP contribution in [0.1, 0.15) is 39.0 Å². The van der Waals surface area contributed by atoms with Crippen LogP contribution in [-0.4, -0.2) is 11.9 Å². The summed E-state index contributed by atoms with van der Waals surface area (Å²) in [4.78, 5) is 11.4. The molecule has 1 N–H and O–H groups in total. The van der Waals surface area contributed by atoms with Crippen LogP contribution in [0, 0.1) is 11.8 Å². The smallest absolute Gasteiger partial charge is 0.223 e. The molecule has 2 unspecified atom stereocenters. The molecule has 2 fully saturated rings. The maximum Gasteiger partial charge on any atom is 0.223 e. The Balaban J connectivity index is 1.75. The number of carbonyl (C=O) groups is 1. The first-order chi connectivity index (χ1) is 5.75. The van der Waals surface area contributed by atoms with Crippen LogP contribution in [0.4, 0.5) is 0 Å². The van der Waals surface area contributed by atoms with Crippen molar-refractivity contribution in [2.75, 3.05) is 0 Å². The molecule has 2 saturated carbocycles. The number of hydrogen-bond acceptors (Lipinski definition) is 1. The number of rotatable bonds is 2. The molecule has 2 rings (SSSR count). The summed E-state index contributed by atoms with van der Waals surface area (Å²) in [5.74, 6) is 1.50. The summed E-state index contributed by atoms with van der Waals surface area (Å²) in [5.41, 5.74) is 0. The van der Waals surface area contributed by atoms with Crippen molar-refractivity contribution in [3.05, 3.63) is 0 Å². The van der Waals surface area contributed by atoms with Crippen molar-refractivity contribution in [3.8, 4) is 0 Å². The zero-order chi connectivity index (χ0) is 8.55. The van der Waals surface area contributed by atoms with Crippen LogP contribution < -0.4 is 5.32 Å². The fraction of sp³-hybridized carbons (Fsp3) is 0.900. The highest BCUT2D eigenvalue weighted by atomic mass is 16.2. The summed E-state index contributed by atoms with van der Waals surface area (Å²) >= 11 is 0. The lowest BCUT2D eigenvalue weighted by Gasteiger charge is -2.11. The van der Waals surface area contributed by atoms with Crippen molar-refractivity contribution >= 4 is 5.91 Å². The van der Waals surface area contributed by atoms with Gasteiger partial charge in [0.25, 0.3) is 0 Å². The summed E-state index contributed by atoms with van der Waals surface area (Å²) < 4.78 is 0. The first kappa shape index (κ1) is 8.09. The highest BCUT2D eigenvalue weighted by Gasteiger charge is 2.32. The summed E-state index contributed by atoms with van der Waals surface area (Å²) in [6, 6.07) is 0.494. The fourth-order valence-electron chi connectivity index (χ4n) is 2.00. The first-order valence-corrected chi connectivity index (χ1v) is 5.06. The Morgan fingerprint density at radius 2 is 2.00 bits per heavy atom. The number of hydrogen-bond donors (Lipinski definition) is 1. The van der Waals surface area contributed by atoms with Crippen LogP contribution in [0.15, 0.2) is 0 Å². The molecule has 2 aliphatic rings. The topological polar surface area (TPSA) is 29.1 Å². The molecule has 0 saturated heterocycles. The molecule has 0 aliphatic heterocycles. The van der Waals surface area contributed by atoms with E-state index in [1.807, 2.05) is 0 Å². The average Bonchev–Trinajstić information content (AvgIpc) is 2.78.